The maximum absolute atomic E-state index is 6.27. The van der Waals surface area contributed by atoms with E-state index < -0.39 is 0 Å². The summed E-state index contributed by atoms with van der Waals surface area (Å²) in [5.74, 6) is 2.31. The van der Waals surface area contributed by atoms with E-state index in [1.807, 2.05) is 77.6 Å². The van der Waals surface area contributed by atoms with Crippen LogP contribution in [0.15, 0.2) is 95.2 Å². The van der Waals surface area contributed by atoms with Gasteiger partial charge in [0.25, 0.3) is 0 Å². The third kappa shape index (κ3) is 6.38. The molecule has 0 fully saturated rings. The van der Waals surface area contributed by atoms with Crippen molar-refractivity contribution in [3.05, 3.63) is 117 Å². The first-order valence-corrected chi connectivity index (χ1v) is 14.1. The van der Waals surface area contributed by atoms with Gasteiger partial charge in [-0.2, -0.15) is 9.78 Å². The smallest absolute Gasteiger partial charge is 0.212 e. The van der Waals surface area contributed by atoms with Gasteiger partial charge in [0, 0.05) is 27.8 Å². The molecule has 0 saturated heterocycles. The van der Waals surface area contributed by atoms with Gasteiger partial charge in [-0.1, -0.05) is 96.5 Å². The summed E-state index contributed by atoms with van der Waals surface area (Å²) in [6.07, 6.45) is 3.58. The van der Waals surface area contributed by atoms with E-state index in [2.05, 4.69) is 35.3 Å². The quantitative estimate of drug-likeness (QED) is 0.127. The molecular formula is C30H26Cl2N4OS. The van der Waals surface area contributed by atoms with Gasteiger partial charge in [-0.25, -0.2) is 0 Å². The predicted molar refractivity (Wildman–Crippen MR) is 158 cm³/mol. The van der Waals surface area contributed by atoms with Crippen LogP contribution in [0.1, 0.15) is 35.9 Å². The van der Waals surface area contributed by atoms with Gasteiger partial charge in [0.15, 0.2) is 5.82 Å². The van der Waals surface area contributed by atoms with Crippen molar-refractivity contribution >= 4 is 52.0 Å². The second-order valence-electron chi connectivity index (χ2n) is 8.73. The molecule has 0 atom stereocenters. The molecule has 1 heterocycles. The molecule has 0 radical (unpaired) electrons. The largest absolute Gasteiger partial charge is 0.488 e. The van der Waals surface area contributed by atoms with E-state index in [0.29, 0.717) is 11.6 Å². The SMILES string of the molecule is CCCc1nnc(SCc2ccc(Cl)cc2)n1/N=C/c1c(OCc2ccc(Cl)cc2)ccc2ccccc12. The molecule has 4 aromatic carbocycles. The lowest BCUT2D eigenvalue weighted by molar-refractivity contribution is 0.306. The molecule has 192 valence electrons. The number of aryl methyl sites for hydroxylation is 1. The van der Waals surface area contributed by atoms with Crippen LogP contribution < -0.4 is 4.74 Å². The molecule has 0 saturated carbocycles. The molecule has 0 spiro atoms. The van der Waals surface area contributed by atoms with Crippen LogP contribution in [0, 0.1) is 0 Å². The van der Waals surface area contributed by atoms with Gasteiger partial charge in [0.1, 0.15) is 12.4 Å². The van der Waals surface area contributed by atoms with E-state index in [1.165, 1.54) is 0 Å². The number of hydrogen-bond donors (Lipinski definition) is 0. The number of benzene rings is 4. The van der Waals surface area contributed by atoms with Gasteiger partial charge in [-0.05, 0) is 58.7 Å². The summed E-state index contributed by atoms with van der Waals surface area (Å²) in [5.41, 5.74) is 3.10. The van der Waals surface area contributed by atoms with Gasteiger partial charge < -0.3 is 4.74 Å². The topological polar surface area (TPSA) is 52.3 Å². The number of hydrogen-bond acceptors (Lipinski definition) is 5. The second kappa shape index (κ2) is 12.5. The van der Waals surface area contributed by atoms with Gasteiger partial charge in [0.05, 0.1) is 6.21 Å². The zero-order valence-electron chi connectivity index (χ0n) is 20.8. The molecule has 38 heavy (non-hydrogen) atoms. The van der Waals surface area contributed by atoms with Crippen molar-refractivity contribution in [2.75, 3.05) is 0 Å². The van der Waals surface area contributed by atoms with Gasteiger partial charge >= 0.3 is 0 Å². The molecule has 0 aliphatic heterocycles. The first-order valence-electron chi connectivity index (χ1n) is 12.4. The van der Waals surface area contributed by atoms with Gasteiger partial charge in [0.2, 0.25) is 5.16 Å². The van der Waals surface area contributed by atoms with E-state index >= 15 is 0 Å². The Labute approximate surface area is 236 Å². The molecule has 0 unspecified atom stereocenters. The molecule has 0 aliphatic rings. The molecule has 8 heteroatoms. The minimum Gasteiger partial charge on any atom is -0.488 e. The van der Waals surface area contributed by atoms with Crippen molar-refractivity contribution in [2.24, 2.45) is 5.10 Å². The van der Waals surface area contributed by atoms with Crippen molar-refractivity contribution in [3.63, 3.8) is 0 Å². The van der Waals surface area contributed by atoms with Gasteiger partial charge in [-0.15, -0.1) is 10.2 Å². The second-order valence-corrected chi connectivity index (χ2v) is 10.5. The molecule has 0 bridgehead atoms. The van der Waals surface area contributed by atoms with Crippen LogP contribution >= 0.6 is 35.0 Å². The summed E-state index contributed by atoms with van der Waals surface area (Å²) >= 11 is 13.7. The van der Waals surface area contributed by atoms with Crippen LogP contribution in [0.4, 0.5) is 0 Å². The standard InChI is InChI=1S/C30H26Cl2N4OS/c1-2-5-29-34-35-30(38-20-22-10-15-25(32)16-11-22)36(29)33-18-27-26-7-4-3-6-23(26)12-17-28(27)37-19-21-8-13-24(31)14-9-21/h3-4,6-18H,2,5,19-20H2,1H3/b33-18+. The number of ether oxygens (including phenoxy) is 1. The Balaban J connectivity index is 1.46. The fourth-order valence-corrected chi connectivity index (χ4v) is 5.12. The first kappa shape index (κ1) is 26.3. The van der Waals surface area contributed by atoms with E-state index in [0.717, 1.165) is 67.8 Å². The number of thioether (sulfide) groups is 1. The number of fused-ring (bicyclic) bond motifs is 1. The van der Waals surface area contributed by atoms with E-state index in [4.69, 9.17) is 33.0 Å². The number of aromatic nitrogens is 3. The molecule has 1 aromatic heterocycles. The van der Waals surface area contributed by atoms with Crippen LogP contribution in [0.3, 0.4) is 0 Å². The Hall–Kier alpha value is -3.32. The van der Waals surface area contributed by atoms with E-state index in [9.17, 15) is 0 Å². The van der Waals surface area contributed by atoms with Crippen molar-refractivity contribution in [1.82, 2.24) is 14.9 Å². The zero-order valence-corrected chi connectivity index (χ0v) is 23.2. The third-order valence-electron chi connectivity index (χ3n) is 5.97. The highest BCUT2D eigenvalue weighted by atomic mass is 35.5. The average molecular weight is 562 g/mol. The summed E-state index contributed by atoms with van der Waals surface area (Å²) in [4.78, 5) is 0. The summed E-state index contributed by atoms with van der Waals surface area (Å²) in [6.45, 7) is 2.54. The predicted octanol–water partition coefficient (Wildman–Crippen LogP) is 8.44. The van der Waals surface area contributed by atoms with Crippen molar-refractivity contribution < 1.29 is 4.74 Å². The molecule has 0 N–H and O–H groups in total. The highest BCUT2D eigenvalue weighted by molar-refractivity contribution is 7.98. The van der Waals surface area contributed by atoms with Crippen LogP contribution in [0.2, 0.25) is 10.0 Å². The lowest BCUT2D eigenvalue weighted by atomic mass is 10.0. The summed E-state index contributed by atoms with van der Waals surface area (Å²) in [6, 6.07) is 27.8. The Morgan fingerprint density at radius 2 is 1.58 bits per heavy atom. The summed E-state index contributed by atoms with van der Waals surface area (Å²) in [5, 5.41) is 18.1. The highest BCUT2D eigenvalue weighted by Crippen LogP contribution is 2.29. The van der Waals surface area contributed by atoms with Crippen LogP contribution in [-0.4, -0.2) is 21.1 Å². The monoisotopic (exact) mass is 560 g/mol. The Morgan fingerprint density at radius 3 is 2.32 bits per heavy atom. The Kier molecular flexibility index (Phi) is 8.64. The molecule has 5 rings (SSSR count). The molecular weight excluding hydrogens is 535 g/mol. The van der Waals surface area contributed by atoms with Crippen molar-refractivity contribution in [2.45, 2.75) is 37.3 Å². The van der Waals surface area contributed by atoms with Crippen LogP contribution in [0.5, 0.6) is 5.75 Å². The molecule has 5 aromatic rings. The highest BCUT2D eigenvalue weighted by Gasteiger charge is 2.13. The van der Waals surface area contributed by atoms with Crippen molar-refractivity contribution in [3.8, 4) is 5.75 Å². The summed E-state index contributed by atoms with van der Waals surface area (Å²) in [7, 11) is 0. The normalized spacial score (nSPS) is 11.4. The number of halogens is 2. The molecule has 5 nitrogen and oxygen atoms in total. The maximum Gasteiger partial charge on any atom is 0.212 e. The molecule has 0 amide bonds. The summed E-state index contributed by atoms with van der Waals surface area (Å²) < 4.78 is 8.12. The lowest BCUT2D eigenvalue weighted by Crippen LogP contribution is -2.03. The van der Waals surface area contributed by atoms with Crippen molar-refractivity contribution in [1.29, 1.82) is 0 Å². The Morgan fingerprint density at radius 1 is 0.868 bits per heavy atom. The first-order chi connectivity index (χ1) is 18.6. The van der Waals surface area contributed by atoms with Crippen LogP contribution in [0.25, 0.3) is 10.8 Å². The van der Waals surface area contributed by atoms with Crippen LogP contribution in [-0.2, 0) is 18.8 Å². The minimum absolute atomic E-state index is 0.423. The van der Waals surface area contributed by atoms with E-state index in [1.54, 1.807) is 11.8 Å². The fourth-order valence-electron chi connectivity index (χ4n) is 4.00. The number of rotatable bonds is 10. The van der Waals surface area contributed by atoms with E-state index in [-0.39, 0.29) is 0 Å². The maximum atomic E-state index is 6.27. The Bertz CT molecular complexity index is 1550. The zero-order chi connectivity index (χ0) is 26.3. The lowest BCUT2D eigenvalue weighted by Gasteiger charge is -2.12. The number of nitrogens with zero attached hydrogens (tertiary/aromatic N) is 4. The third-order valence-corrected chi connectivity index (χ3v) is 7.47. The fraction of sp³-hybridized carbons (Fsp3) is 0.167. The average Bonchev–Trinajstić information content (AvgIpc) is 3.32. The minimum atomic E-state index is 0.423. The molecule has 0 aliphatic carbocycles. The van der Waals surface area contributed by atoms with Gasteiger partial charge in [-0.3, -0.25) is 0 Å².